The summed E-state index contributed by atoms with van der Waals surface area (Å²) in [7, 11) is 1.85. The lowest BCUT2D eigenvalue weighted by Crippen LogP contribution is -2.46. The van der Waals surface area contributed by atoms with E-state index in [1.165, 1.54) is 51.3 Å². The third-order valence-electron chi connectivity index (χ3n) is 6.02. The molecule has 1 saturated heterocycles. The van der Waals surface area contributed by atoms with Crippen molar-refractivity contribution in [3.63, 3.8) is 0 Å². The second-order valence-corrected chi connectivity index (χ2v) is 8.78. The minimum atomic E-state index is -0.188. The van der Waals surface area contributed by atoms with Crippen LogP contribution in [-0.4, -0.2) is 74.2 Å². The molecule has 170 valence electrons. The lowest BCUT2D eigenvalue weighted by atomic mass is 9.90. The second-order valence-electron chi connectivity index (χ2n) is 8.78. The first-order chi connectivity index (χ1) is 14.0. The van der Waals surface area contributed by atoms with Crippen LogP contribution in [0.2, 0.25) is 0 Å². The first-order valence-corrected chi connectivity index (χ1v) is 11.2. The van der Waals surface area contributed by atoms with Crippen LogP contribution in [-0.2, 0) is 0 Å². The number of benzene rings is 1. The van der Waals surface area contributed by atoms with Gasteiger partial charge in [-0.1, -0.05) is 25.1 Å². The zero-order valence-electron chi connectivity index (χ0n) is 19.1. The molecule has 0 spiro atoms. The Morgan fingerprint density at radius 1 is 1.13 bits per heavy atom. The van der Waals surface area contributed by atoms with Gasteiger partial charge in [-0.15, -0.1) is 24.0 Å². The number of ether oxygens (including phenoxy) is 1. The number of likely N-dealkylation sites (N-methyl/N-ethyl adjacent to an activating group) is 1. The highest BCUT2D eigenvalue weighted by Crippen LogP contribution is 2.39. The van der Waals surface area contributed by atoms with Gasteiger partial charge in [-0.2, -0.15) is 0 Å². The van der Waals surface area contributed by atoms with Gasteiger partial charge in [-0.05, 0) is 45.8 Å². The average Bonchev–Trinajstić information content (AvgIpc) is 2.72. The van der Waals surface area contributed by atoms with Crippen molar-refractivity contribution in [2.45, 2.75) is 51.7 Å². The number of aliphatic imine (C=N–C) groups is 1. The Morgan fingerprint density at radius 2 is 1.83 bits per heavy atom. The molecule has 7 heteroatoms. The summed E-state index contributed by atoms with van der Waals surface area (Å²) >= 11 is 0. The molecule has 2 heterocycles. The number of para-hydroxylation sites is 1. The van der Waals surface area contributed by atoms with Crippen molar-refractivity contribution in [3.8, 4) is 5.75 Å². The lowest BCUT2D eigenvalue weighted by molar-refractivity contribution is 0.0694. The maximum Gasteiger partial charge on any atom is 0.191 e. The number of unbranched alkanes of at least 4 members (excludes halogenated alkanes) is 1. The quantitative estimate of drug-likeness (QED) is 0.245. The Kier molecular flexibility index (Phi) is 10.2. The van der Waals surface area contributed by atoms with Crippen LogP contribution < -0.4 is 15.4 Å². The predicted molar refractivity (Wildman–Crippen MR) is 136 cm³/mol. The molecule has 2 N–H and O–H groups in total. The number of guanidine groups is 1. The predicted octanol–water partition coefficient (Wildman–Crippen LogP) is 3.49. The minimum Gasteiger partial charge on any atom is -0.487 e. The van der Waals surface area contributed by atoms with Crippen molar-refractivity contribution < 1.29 is 4.74 Å². The molecule has 30 heavy (non-hydrogen) atoms. The monoisotopic (exact) mass is 529 g/mol. The van der Waals surface area contributed by atoms with Gasteiger partial charge in [0, 0.05) is 51.8 Å². The fraction of sp³-hybridized carbons (Fsp3) is 0.696. The Balaban J connectivity index is 0.00000320. The fourth-order valence-electron chi connectivity index (χ4n) is 4.29. The zero-order chi connectivity index (χ0) is 20.7. The molecule has 0 bridgehead atoms. The Labute approximate surface area is 199 Å². The number of nitrogens with one attached hydrogen (secondary N) is 2. The summed E-state index contributed by atoms with van der Waals surface area (Å²) in [6.07, 6.45) is 3.29. The zero-order valence-corrected chi connectivity index (χ0v) is 21.4. The van der Waals surface area contributed by atoms with Gasteiger partial charge in [0.05, 0.1) is 6.04 Å². The molecule has 2 aliphatic rings. The molecular weight excluding hydrogens is 489 g/mol. The van der Waals surface area contributed by atoms with E-state index >= 15 is 0 Å². The van der Waals surface area contributed by atoms with E-state index in [-0.39, 0.29) is 35.6 Å². The maximum atomic E-state index is 6.14. The molecule has 1 aromatic rings. The van der Waals surface area contributed by atoms with E-state index in [1.807, 2.05) is 13.1 Å². The molecule has 0 aromatic heterocycles. The molecule has 0 aliphatic carbocycles. The first kappa shape index (κ1) is 25.2. The van der Waals surface area contributed by atoms with Crippen molar-refractivity contribution in [1.29, 1.82) is 0 Å². The third-order valence-corrected chi connectivity index (χ3v) is 6.02. The average molecular weight is 530 g/mol. The number of halogens is 1. The van der Waals surface area contributed by atoms with Crippen molar-refractivity contribution in [1.82, 2.24) is 20.4 Å². The number of hydrogen-bond donors (Lipinski definition) is 2. The highest BCUT2D eigenvalue weighted by molar-refractivity contribution is 14.0. The van der Waals surface area contributed by atoms with Gasteiger partial charge in [0.25, 0.3) is 0 Å². The summed E-state index contributed by atoms with van der Waals surface area (Å²) in [5.74, 6) is 1.85. The van der Waals surface area contributed by atoms with Gasteiger partial charge in [0.2, 0.25) is 0 Å². The van der Waals surface area contributed by atoms with E-state index in [0.717, 1.165) is 31.1 Å². The number of piperazine rings is 1. The van der Waals surface area contributed by atoms with Gasteiger partial charge in [0.15, 0.2) is 5.96 Å². The molecule has 6 nitrogen and oxygen atoms in total. The van der Waals surface area contributed by atoms with E-state index in [0.29, 0.717) is 0 Å². The minimum absolute atomic E-state index is 0. The molecule has 0 saturated carbocycles. The normalized spacial score (nSPS) is 21.9. The Hall–Kier alpha value is -1.06. The Morgan fingerprint density at radius 3 is 2.53 bits per heavy atom. The number of rotatable bonds is 7. The molecule has 2 aliphatic heterocycles. The van der Waals surface area contributed by atoms with Gasteiger partial charge < -0.3 is 25.2 Å². The topological polar surface area (TPSA) is 52.1 Å². The highest BCUT2D eigenvalue weighted by atomic mass is 127. The van der Waals surface area contributed by atoms with Crippen LogP contribution in [0.15, 0.2) is 29.3 Å². The SMILES string of the molecule is CCN1CCN(CCCCNC(=NC)NC2CC(C)(C)Oc3ccccc32)CC1.I. The van der Waals surface area contributed by atoms with Crippen LogP contribution in [0.3, 0.4) is 0 Å². The summed E-state index contributed by atoms with van der Waals surface area (Å²) in [5, 5.41) is 7.11. The summed E-state index contributed by atoms with van der Waals surface area (Å²) in [4.78, 5) is 9.57. The number of hydrogen-bond acceptors (Lipinski definition) is 4. The van der Waals surface area contributed by atoms with Crippen LogP contribution in [0, 0.1) is 0 Å². The third kappa shape index (κ3) is 7.27. The van der Waals surface area contributed by atoms with Crippen molar-refractivity contribution in [2.75, 3.05) is 52.9 Å². The highest BCUT2D eigenvalue weighted by Gasteiger charge is 2.33. The van der Waals surface area contributed by atoms with Gasteiger partial charge in [0.1, 0.15) is 11.4 Å². The summed E-state index contributed by atoms with van der Waals surface area (Å²) in [6.45, 7) is 14.7. The molecule has 1 fully saturated rings. The van der Waals surface area contributed by atoms with Crippen molar-refractivity contribution in [3.05, 3.63) is 29.8 Å². The number of nitrogens with zero attached hydrogens (tertiary/aromatic N) is 3. The van der Waals surface area contributed by atoms with E-state index in [9.17, 15) is 0 Å². The molecular formula is C23H40IN5O. The van der Waals surface area contributed by atoms with Gasteiger partial charge in [-0.25, -0.2) is 0 Å². The van der Waals surface area contributed by atoms with Crippen LogP contribution in [0.1, 0.15) is 51.6 Å². The molecule has 0 amide bonds. The first-order valence-electron chi connectivity index (χ1n) is 11.2. The second kappa shape index (κ2) is 12.1. The molecule has 3 rings (SSSR count). The van der Waals surface area contributed by atoms with Crippen LogP contribution in [0.5, 0.6) is 5.75 Å². The largest absolute Gasteiger partial charge is 0.487 e. The molecule has 1 unspecified atom stereocenters. The smallest absolute Gasteiger partial charge is 0.191 e. The Bertz CT molecular complexity index is 673. The molecule has 1 aromatic carbocycles. The summed E-state index contributed by atoms with van der Waals surface area (Å²) in [6, 6.07) is 8.52. The van der Waals surface area contributed by atoms with Crippen LogP contribution in [0.4, 0.5) is 0 Å². The van der Waals surface area contributed by atoms with Crippen molar-refractivity contribution >= 4 is 29.9 Å². The molecule has 1 atom stereocenters. The van der Waals surface area contributed by atoms with Crippen LogP contribution >= 0.6 is 24.0 Å². The van der Waals surface area contributed by atoms with Gasteiger partial charge in [-0.3, -0.25) is 4.99 Å². The number of fused-ring (bicyclic) bond motifs is 1. The maximum absolute atomic E-state index is 6.14. The summed E-state index contributed by atoms with van der Waals surface area (Å²) in [5.41, 5.74) is 1.02. The van der Waals surface area contributed by atoms with Crippen LogP contribution in [0.25, 0.3) is 0 Å². The standard InChI is InChI=1S/C23H39N5O.HI/c1-5-27-14-16-28(17-15-27)13-9-8-12-25-22(24-4)26-20-18-23(2,3)29-21-11-7-6-10-19(20)21;/h6-7,10-11,20H,5,8-9,12-18H2,1-4H3,(H2,24,25,26);1H. The van der Waals surface area contributed by atoms with E-state index in [4.69, 9.17) is 4.74 Å². The van der Waals surface area contributed by atoms with E-state index in [2.05, 4.69) is 64.4 Å². The summed E-state index contributed by atoms with van der Waals surface area (Å²) < 4.78 is 6.14. The molecule has 0 radical (unpaired) electrons. The fourth-order valence-corrected chi connectivity index (χ4v) is 4.29. The van der Waals surface area contributed by atoms with E-state index in [1.54, 1.807) is 0 Å². The van der Waals surface area contributed by atoms with Crippen molar-refractivity contribution in [2.24, 2.45) is 4.99 Å². The van der Waals surface area contributed by atoms with E-state index < -0.39 is 0 Å². The van der Waals surface area contributed by atoms with Gasteiger partial charge >= 0.3 is 0 Å². The lowest BCUT2D eigenvalue weighted by Gasteiger charge is -2.38.